The number of rotatable bonds is 7. The normalized spacial score (nSPS) is 18.2. The predicted molar refractivity (Wildman–Crippen MR) is 150 cm³/mol. The van der Waals surface area contributed by atoms with Gasteiger partial charge in [-0.3, -0.25) is 4.90 Å². The second-order valence-electron chi connectivity index (χ2n) is 10.8. The van der Waals surface area contributed by atoms with Gasteiger partial charge < -0.3 is 14.8 Å². The molecule has 1 atom stereocenters. The van der Waals surface area contributed by atoms with Crippen LogP contribution in [-0.4, -0.2) is 41.2 Å². The summed E-state index contributed by atoms with van der Waals surface area (Å²) >= 11 is 0. The zero-order chi connectivity index (χ0) is 29.1. The Morgan fingerprint density at radius 2 is 1.73 bits per heavy atom. The Labute approximate surface area is 238 Å². The minimum absolute atomic E-state index is 0.0478. The van der Waals surface area contributed by atoms with E-state index >= 15 is 0 Å². The lowest BCUT2D eigenvalue weighted by molar-refractivity contribution is -0.147. The molecule has 1 fully saturated rings. The molecule has 2 aliphatic rings. The fraction of sp³-hybridized carbons (Fsp3) is 0.375. The lowest BCUT2D eigenvalue weighted by atomic mass is 9.79. The van der Waals surface area contributed by atoms with Crippen LogP contribution in [0.2, 0.25) is 0 Å². The molecule has 3 heterocycles. The molecule has 0 bridgehead atoms. The molecule has 1 unspecified atom stereocenters. The number of pyridine rings is 1. The van der Waals surface area contributed by atoms with Crippen molar-refractivity contribution < 1.29 is 27.4 Å². The molecule has 216 valence electrons. The largest absolute Gasteiger partial charge is 0.475 e. The molecule has 3 aromatic rings. The van der Waals surface area contributed by atoms with Crippen LogP contribution in [0.1, 0.15) is 61.8 Å². The van der Waals surface area contributed by atoms with E-state index in [0.717, 1.165) is 25.7 Å². The number of nitrogens with zero attached hydrogens (tertiary/aromatic N) is 2. The molecule has 6 nitrogen and oxygen atoms in total. The second kappa shape index (κ2) is 11.9. The molecule has 0 aliphatic carbocycles. The molecule has 0 saturated carbocycles. The average Bonchev–Trinajstić information content (AvgIpc) is 2.93. The molecular formula is C32H34F3N3O3. The first-order valence-corrected chi connectivity index (χ1v) is 13.9. The first kappa shape index (κ1) is 28.7. The van der Waals surface area contributed by atoms with Crippen LogP contribution in [0.15, 0.2) is 78.1 Å². The number of hydrogen-bond acceptors (Lipinski definition) is 6. The van der Waals surface area contributed by atoms with Crippen molar-refractivity contribution in [1.29, 1.82) is 0 Å². The third kappa shape index (κ3) is 6.40. The molecule has 41 heavy (non-hydrogen) atoms. The summed E-state index contributed by atoms with van der Waals surface area (Å²) in [5.41, 5.74) is 1.84. The molecule has 1 saturated heterocycles. The van der Waals surface area contributed by atoms with E-state index in [1.54, 1.807) is 19.1 Å². The van der Waals surface area contributed by atoms with Crippen LogP contribution < -0.4 is 10.1 Å². The van der Waals surface area contributed by atoms with Gasteiger partial charge in [0.05, 0.1) is 23.2 Å². The van der Waals surface area contributed by atoms with Gasteiger partial charge in [0.2, 0.25) is 5.88 Å². The van der Waals surface area contributed by atoms with Crippen LogP contribution in [0, 0.1) is 0 Å². The van der Waals surface area contributed by atoms with Crippen LogP contribution in [0.5, 0.6) is 5.88 Å². The molecule has 2 aromatic carbocycles. The maximum absolute atomic E-state index is 14.3. The monoisotopic (exact) mass is 565 g/mol. The summed E-state index contributed by atoms with van der Waals surface area (Å²) in [7, 11) is 0. The quantitative estimate of drug-likeness (QED) is 0.314. The van der Waals surface area contributed by atoms with Crippen molar-refractivity contribution in [2.24, 2.45) is 0 Å². The summed E-state index contributed by atoms with van der Waals surface area (Å²) in [5.74, 6) is -1.54. The van der Waals surface area contributed by atoms with Crippen LogP contribution in [-0.2, 0) is 22.3 Å². The minimum Gasteiger partial charge on any atom is -0.475 e. The summed E-state index contributed by atoms with van der Waals surface area (Å²) in [4.78, 5) is 20.5. The number of ether oxygens (including phenoxy) is 2. The molecule has 0 radical (unpaired) electrons. The number of carbonyl (C=O) groups is 1. The van der Waals surface area contributed by atoms with Gasteiger partial charge in [-0.15, -0.1) is 0 Å². The Kier molecular flexibility index (Phi) is 8.35. The number of piperidine rings is 1. The topological polar surface area (TPSA) is 63.7 Å². The van der Waals surface area contributed by atoms with E-state index in [9.17, 15) is 18.0 Å². The highest BCUT2D eigenvalue weighted by Crippen LogP contribution is 2.49. The number of alkyl halides is 3. The summed E-state index contributed by atoms with van der Waals surface area (Å²) in [5, 5.41) is 3.20. The number of esters is 1. The highest BCUT2D eigenvalue weighted by Gasteiger charge is 2.42. The Hall–Kier alpha value is -3.85. The number of carbonyl (C=O) groups excluding carboxylic acids is 1. The Balaban J connectivity index is 1.46. The van der Waals surface area contributed by atoms with Gasteiger partial charge >= 0.3 is 12.1 Å². The van der Waals surface area contributed by atoms with E-state index < -0.39 is 23.6 Å². The average molecular weight is 566 g/mol. The van der Waals surface area contributed by atoms with Crippen molar-refractivity contribution >= 4 is 11.7 Å². The summed E-state index contributed by atoms with van der Waals surface area (Å²) < 4.78 is 54.8. The maximum Gasteiger partial charge on any atom is 0.416 e. The molecule has 5 rings (SSSR count). The fourth-order valence-electron chi connectivity index (χ4n) is 5.62. The first-order valence-electron chi connectivity index (χ1n) is 13.9. The van der Waals surface area contributed by atoms with Crippen molar-refractivity contribution in [3.8, 4) is 5.88 Å². The Bertz CT molecular complexity index is 1410. The molecule has 0 amide bonds. The number of benzene rings is 2. The molecule has 9 heteroatoms. The summed E-state index contributed by atoms with van der Waals surface area (Å²) in [6.45, 7) is 7.64. The molecule has 2 aliphatic heterocycles. The van der Waals surface area contributed by atoms with Gasteiger partial charge in [0.15, 0.2) is 0 Å². The van der Waals surface area contributed by atoms with Gasteiger partial charge in [0.1, 0.15) is 6.10 Å². The molecule has 1 N–H and O–H groups in total. The third-order valence-electron chi connectivity index (χ3n) is 7.46. The number of fused-ring (bicyclic) bond motifs is 1. The van der Waals surface area contributed by atoms with Crippen LogP contribution in [0.3, 0.4) is 0 Å². The third-order valence-corrected chi connectivity index (χ3v) is 7.46. The van der Waals surface area contributed by atoms with Gasteiger partial charge in [-0.05, 0) is 56.9 Å². The fourth-order valence-corrected chi connectivity index (χ4v) is 5.62. The number of aromatic nitrogens is 1. The van der Waals surface area contributed by atoms with Gasteiger partial charge in [-0.2, -0.15) is 13.2 Å². The number of nitrogens with one attached hydrogen (secondary N) is 1. The van der Waals surface area contributed by atoms with Crippen molar-refractivity contribution in [3.05, 3.63) is 100 Å². The van der Waals surface area contributed by atoms with Crippen LogP contribution in [0.25, 0.3) is 0 Å². The molecule has 1 aromatic heterocycles. The maximum atomic E-state index is 14.3. The number of anilines is 1. The lowest BCUT2D eigenvalue weighted by Gasteiger charge is -2.35. The molecule has 0 spiro atoms. The lowest BCUT2D eigenvalue weighted by Crippen LogP contribution is -2.38. The minimum atomic E-state index is -4.63. The van der Waals surface area contributed by atoms with Gasteiger partial charge in [-0.1, -0.05) is 48.5 Å². The van der Waals surface area contributed by atoms with E-state index in [-0.39, 0.29) is 29.2 Å². The number of halogens is 3. The zero-order valence-electron chi connectivity index (χ0n) is 23.4. The van der Waals surface area contributed by atoms with Gasteiger partial charge in [0, 0.05) is 42.8 Å². The van der Waals surface area contributed by atoms with E-state index in [2.05, 4.69) is 27.3 Å². The zero-order valence-corrected chi connectivity index (χ0v) is 23.4. The number of allylic oxidation sites excluding steroid dienone is 1. The second-order valence-corrected chi connectivity index (χ2v) is 10.8. The Morgan fingerprint density at radius 1 is 1.05 bits per heavy atom. The Morgan fingerprint density at radius 3 is 2.41 bits per heavy atom. The van der Waals surface area contributed by atoms with E-state index in [4.69, 9.17) is 9.47 Å². The number of likely N-dealkylation sites (tertiary alicyclic amines) is 1. The standard InChI is InChI=1S/C32H34F3N3O3/c1-20(2)40-30-29-26(13-16-36-30)37-21(3)27(28(29)24-11-7-8-12-25(24)32(33,34)35)31(39)41-23-14-17-38(18-15-23)19-22-9-5-4-6-10-22/h4-13,16,20,23,28,37H,14-15,17-19H2,1-3H3. The van der Waals surface area contributed by atoms with E-state index in [1.165, 1.54) is 23.9 Å². The smallest absolute Gasteiger partial charge is 0.416 e. The van der Waals surface area contributed by atoms with Crippen molar-refractivity contribution in [2.45, 2.75) is 64.5 Å². The van der Waals surface area contributed by atoms with E-state index in [0.29, 0.717) is 29.8 Å². The highest BCUT2D eigenvalue weighted by atomic mass is 19.4. The summed E-state index contributed by atoms with van der Waals surface area (Å²) in [6.07, 6.45) is -2.43. The summed E-state index contributed by atoms with van der Waals surface area (Å²) in [6, 6.07) is 17.2. The van der Waals surface area contributed by atoms with Crippen molar-refractivity contribution in [1.82, 2.24) is 9.88 Å². The van der Waals surface area contributed by atoms with Gasteiger partial charge in [-0.25, -0.2) is 9.78 Å². The van der Waals surface area contributed by atoms with E-state index in [1.807, 2.05) is 32.0 Å². The first-order chi connectivity index (χ1) is 19.6. The predicted octanol–water partition coefficient (Wildman–Crippen LogP) is 6.93. The SMILES string of the molecule is CC1=C(C(=O)OC2CCN(Cc3ccccc3)CC2)C(c2ccccc2C(F)(F)F)c2c(ccnc2OC(C)C)N1. The molecular weight excluding hydrogens is 531 g/mol. The number of hydrogen-bond donors (Lipinski definition) is 1. The van der Waals surface area contributed by atoms with Crippen LogP contribution >= 0.6 is 0 Å². The van der Waals surface area contributed by atoms with Crippen molar-refractivity contribution in [2.75, 3.05) is 18.4 Å². The highest BCUT2D eigenvalue weighted by molar-refractivity contribution is 5.95. The van der Waals surface area contributed by atoms with Crippen molar-refractivity contribution in [3.63, 3.8) is 0 Å². The van der Waals surface area contributed by atoms with Gasteiger partial charge in [0.25, 0.3) is 0 Å². The van der Waals surface area contributed by atoms with Crippen LogP contribution in [0.4, 0.5) is 18.9 Å².